The number of hydrogen-bond acceptors (Lipinski definition) is 7. The SMILES string of the molecule is COC(=O)C1C2c3ccccc3OC1(C)N=c1sc(=Cc3c(C)nn(-c4ccccc4)c3Cl)c(=O)n12. The number of carbonyl (C=O) groups is 1. The van der Waals surface area contributed by atoms with Gasteiger partial charge in [0.15, 0.2) is 4.80 Å². The number of aromatic nitrogens is 3. The van der Waals surface area contributed by atoms with Gasteiger partial charge in [-0.3, -0.25) is 14.2 Å². The number of methoxy groups -OCH3 is 1. The van der Waals surface area contributed by atoms with E-state index in [0.29, 0.717) is 31.5 Å². The van der Waals surface area contributed by atoms with Crippen molar-refractivity contribution in [2.45, 2.75) is 25.6 Å². The lowest BCUT2D eigenvalue weighted by Gasteiger charge is -2.44. The van der Waals surface area contributed by atoms with Crippen LogP contribution in [0, 0.1) is 12.8 Å². The van der Waals surface area contributed by atoms with Crippen LogP contribution >= 0.6 is 22.9 Å². The second-order valence-corrected chi connectivity index (χ2v) is 10.2. The van der Waals surface area contributed by atoms with Crippen LogP contribution in [0.15, 0.2) is 64.4 Å². The summed E-state index contributed by atoms with van der Waals surface area (Å²) < 4.78 is 15.0. The number of nitrogens with zero attached hydrogens (tertiary/aromatic N) is 4. The number of para-hydroxylation sites is 2. The summed E-state index contributed by atoms with van der Waals surface area (Å²) in [6, 6.07) is 16.3. The molecule has 6 rings (SSSR count). The molecule has 0 saturated carbocycles. The lowest BCUT2D eigenvalue weighted by molar-refractivity contribution is -0.158. The molecule has 0 spiro atoms. The molecule has 2 aliphatic heterocycles. The van der Waals surface area contributed by atoms with Gasteiger partial charge in [-0.25, -0.2) is 9.67 Å². The summed E-state index contributed by atoms with van der Waals surface area (Å²) in [6.07, 6.45) is 1.74. The Morgan fingerprint density at radius 3 is 2.67 bits per heavy atom. The molecule has 0 fully saturated rings. The van der Waals surface area contributed by atoms with E-state index < -0.39 is 23.7 Å². The second-order valence-electron chi connectivity index (χ2n) is 8.86. The highest BCUT2D eigenvalue weighted by molar-refractivity contribution is 7.07. The molecule has 2 aliphatic rings. The fraction of sp³-hybridized carbons (Fsp3) is 0.231. The Kier molecular flexibility index (Phi) is 5.17. The smallest absolute Gasteiger partial charge is 0.317 e. The lowest BCUT2D eigenvalue weighted by atomic mass is 9.81. The summed E-state index contributed by atoms with van der Waals surface area (Å²) in [6.45, 7) is 3.59. The number of hydrogen-bond donors (Lipinski definition) is 0. The monoisotopic (exact) mass is 520 g/mol. The summed E-state index contributed by atoms with van der Waals surface area (Å²) in [5, 5.41) is 4.97. The third-order valence-electron chi connectivity index (χ3n) is 6.66. The minimum atomic E-state index is -1.22. The van der Waals surface area contributed by atoms with E-state index in [9.17, 15) is 9.59 Å². The third-order valence-corrected chi connectivity index (χ3v) is 8.01. The van der Waals surface area contributed by atoms with Gasteiger partial charge in [-0.05, 0) is 38.1 Å². The number of fused-ring (bicyclic) bond motifs is 6. The number of esters is 1. The van der Waals surface area contributed by atoms with Crippen molar-refractivity contribution in [1.82, 2.24) is 14.3 Å². The van der Waals surface area contributed by atoms with Crippen molar-refractivity contribution < 1.29 is 14.3 Å². The van der Waals surface area contributed by atoms with Crippen LogP contribution in [-0.4, -0.2) is 33.2 Å². The Hall–Kier alpha value is -3.69. The Labute approximate surface area is 214 Å². The van der Waals surface area contributed by atoms with Crippen LogP contribution in [0.25, 0.3) is 11.8 Å². The zero-order chi connectivity index (χ0) is 25.2. The molecule has 2 aromatic carbocycles. The van der Waals surface area contributed by atoms with Crippen molar-refractivity contribution in [2.75, 3.05) is 7.11 Å². The second kappa shape index (κ2) is 8.18. The van der Waals surface area contributed by atoms with Crippen LogP contribution in [0.2, 0.25) is 5.15 Å². The summed E-state index contributed by atoms with van der Waals surface area (Å²) in [5.41, 5.74) is 1.40. The van der Waals surface area contributed by atoms with Gasteiger partial charge in [-0.15, -0.1) is 0 Å². The molecular weight excluding hydrogens is 500 g/mol. The normalized spacial score (nSPS) is 22.3. The van der Waals surface area contributed by atoms with E-state index >= 15 is 0 Å². The molecule has 3 unspecified atom stereocenters. The molecule has 0 aliphatic carbocycles. The first kappa shape index (κ1) is 22.8. The van der Waals surface area contributed by atoms with Crippen LogP contribution in [0.5, 0.6) is 5.75 Å². The van der Waals surface area contributed by atoms with Gasteiger partial charge < -0.3 is 9.47 Å². The Bertz CT molecular complexity index is 1710. The maximum absolute atomic E-state index is 13.8. The maximum Gasteiger partial charge on any atom is 0.317 e. The molecule has 4 heterocycles. The Morgan fingerprint density at radius 2 is 1.92 bits per heavy atom. The van der Waals surface area contributed by atoms with Crippen LogP contribution in [-0.2, 0) is 9.53 Å². The zero-order valence-electron chi connectivity index (χ0n) is 19.6. The number of carbonyl (C=O) groups excluding carboxylic acids is 1. The van der Waals surface area contributed by atoms with Gasteiger partial charge in [-0.1, -0.05) is 59.3 Å². The summed E-state index contributed by atoms with van der Waals surface area (Å²) in [7, 11) is 1.33. The molecule has 2 bridgehead atoms. The van der Waals surface area contributed by atoms with Gasteiger partial charge in [0.25, 0.3) is 5.56 Å². The highest BCUT2D eigenvalue weighted by atomic mass is 35.5. The predicted molar refractivity (Wildman–Crippen MR) is 135 cm³/mol. The van der Waals surface area contributed by atoms with Crippen molar-refractivity contribution in [3.8, 4) is 11.4 Å². The van der Waals surface area contributed by atoms with Crippen molar-refractivity contribution in [1.29, 1.82) is 0 Å². The quantitative estimate of drug-likeness (QED) is 0.388. The average molecular weight is 521 g/mol. The number of aryl methyl sites for hydroxylation is 1. The summed E-state index contributed by atoms with van der Waals surface area (Å²) in [5.74, 6) is -0.722. The molecule has 0 amide bonds. The van der Waals surface area contributed by atoms with Crippen molar-refractivity contribution in [3.63, 3.8) is 0 Å². The number of halogens is 1. The molecule has 0 saturated heterocycles. The number of rotatable bonds is 3. The maximum atomic E-state index is 13.8. The fourth-order valence-corrected chi connectivity index (χ4v) is 6.39. The standard InChI is InChI=1S/C26H21ClN4O4S/c1-14-17(22(27)31(29-14)15-9-5-4-6-10-15)13-19-23(32)30-21-16-11-7-8-12-18(16)35-26(2,28-25(30)36-19)20(21)24(33)34-3/h4-13,20-21H,1-3H3. The largest absolute Gasteiger partial charge is 0.469 e. The van der Waals surface area contributed by atoms with Crippen LogP contribution in [0.3, 0.4) is 0 Å². The predicted octanol–water partition coefficient (Wildman–Crippen LogP) is 3.01. The third kappa shape index (κ3) is 3.26. The number of benzene rings is 2. The van der Waals surface area contributed by atoms with E-state index in [0.717, 1.165) is 11.3 Å². The fourth-order valence-electron chi connectivity index (χ4n) is 4.98. The minimum absolute atomic E-state index is 0.265. The Morgan fingerprint density at radius 1 is 1.19 bits per heavy atom. The first-order valence-corrected chi connectivity index (χ1v) is 12.5. The lowest BCUT2D eigenvalue weighted by Crippen LogP contribution is -2.58. The van der Waals surface area contributed by atoms with Crippen molar-refractivity contribution in [3.05, 3.63) is 96.3 Å². The molecular formula is C26H21ClN4O4S. The van der Waals surface area contributed by atoms with E-state index in [1.807, 2.05) is 61.5 Å². The average Bonchev–Trinajstić information content (AvgIpc) is 3.33. The van der Waals surface area contributed by atoms with Gasteiger partial charge in [0.2, 0.25) is 5.72 Å². The molecule has 36 heavy (non-hydrogen) atoms. The number of thiazole rings is 1. The first-order chi connectivity index (χ1) is 17.3. The molecule has 2 aromatic heterocycles. The van der Waals surface area contributed by atoms with E-state index in [1.54, 1.807) is 22.2 Å². The summed E-state index contributed by atoms with van der Waals surface area (Å²) in [4.78, 5) is 32.0. The van der Waals surface area contributed by atoms with E-state index in [2.05, 4.69) is 5.10 Å². The summed E-state index contributed by atoms with van der Waals surface area (Å²) >= 11 is 7.95. The molecule has 4 aromatic rings. The highest BCUT2D eigenvalue weighted by Gasteiger charge is 2.55. The van der Waals surface area contributed by atoms with E-state index in [-0.39, 0.29) is 5.56 Å². The van der Waals surface area contributed by atoms with Gasteiger partial charge in [-0.2, -0.15) is 5.10 Å². The van der Waals surface area contributed by atoms with Crippen molar-refractivity contribution >= 4 is 35.0 Å². The molecule has 0 N–H and O–H groups in total. The first-order valence-electron chi connectivity index (χ1n) is 11.3. The van der Waals surface area contributed by atoms with Gasteiger partial charge in [0, 0.05) is 11.1 Å². The van der Waals surface area contributed by atoms with E-state index in [4.69, 9.17) is 26.1 Å². The van der Waals surface area contributed by atoms with E-state index in [1.165, 1.54) is 18.4 Å². The van der Waals surface area contributed by atoms with Crippen LogP contribution in [0.1, 0.15) is 29.8 Å². The molecule has 10 heteroatoms. The molecule has 182 valence electrons. The zero-order valence-corrected chi connectivity index (χ0v) is 21.2. The van der Waals surface area contributed by atoms with Crippen LogP contribution in [0.4, 0.5) is 0 Å². The van der Waals surface area contributed by atoms with Crippen molar-refractivity contribution in [2.24, 2.45) is 10.9 Å². The highest BCUT2D eigenvalue weighted by Crippen LogP contribution is 2.47. The minimum Gasteiger partial charge on any atom is -0.469 e. The molecule has 3 atom stereocenters. The van der Waals surface area contributed by atoms with Gasteiger partial charge >= 0.3 is 5.97 Å². The van der Waals surface area contributed by atoms with Crippen LogP contribution < -0.4 is 19.6 Å². The number of ether oxygens (including phenoxy) is 2. The topological polar surface area (TPSA) is 87.7 Å². The Balaban J connectivity index is 1.58. The van der Waals surface area contributed by atoms with Gasteiger partial charge in [0.05, 0.1) is 29.1 Å². The van der Waals surface area contributed by atoms with Gasteiger partial charge in [0.1, 0.15) is 16.8 Å². The molecule has 0 radical (unpaired) electrons. The molecule has 8 nitrogen and oxygen atoms in total.